The van der Waals surface area contributed by atoms with Crippen molar-refractivity contribution in [3.05, 3.63) is 109 Å². The fourth-order valence-corrected chi connectivity index (χ4v) is 5.90. The second-order valence-electron chi connectivity index (χ2n) is 8.09. The third-order valence-corrected chi connectivity index (χ3v) is 7.63. The largest absolute Gasteiger partial charge is 0.505 e. The van der Waals surface area contributed by atoms with Crippen LogP contribution in [0.2, 0.25) is 10.0 Å². The topological polar surface area (TPSA) is 72.4 Å². The van der Waals surface area contributed by atoms with E-state index in [0.29, 0.717) is 32.3 Å². The molecule has 5 aromatic rings. The van der Waals surface area contributed by atoms with Crippen LogP contribution in [-0.4, -0.2) is 9.67 Å². The van der Waals surface area contributed by atoms with Crippen molar-refractivity contribution in [1.82, 2.24) is 4.57 Å². The molecule has 6 rings (SSSR count). The Kier molecular flexibility index (Phi) is 4.99. The first-order valence-electron chi connectivity index (χ1n) is 10.5. The normalized spacial score (nSPS) is 14.8. The lowest BCUT2D eigenvalue weighted by molar-refractivity contribution is 0.446. The number of halogens is 2. The summed E-state index contributed by atoms with van der Waals surface area (Å²) in [5.74, 6) is -0.390. The summed E-state index contributed by atoms with van der Waals surface area (Å²) in [7, 11) is 0. The molecule has 1 atom stereocenters. The summed E-state index contributed by atoms with van der Waals surface area (Å²) >= 11 is 13.1. The van der Waals surface area contributed by atoms with Gasteiger partial charge in [-0.1, -0.05) is 65.3 Å². The minimum Gasteiger partial charge on any atom is -0.505 e. The quantitative estimate of drug-likeness (QED) is 0.285. The van der Waals surface area contributed by atoms with Crippen LogP contribution >= 0.6 is 35.0 Å². The summed E-state index contributed by atoms with van der Waals surface area (Å²) in [6.45, 7) is 0. The second-order valence-corrected chi connectivity index (χ2v) is 10.0. The van der Waals surface area contributed by atoms with Crippen molar-refractivity contribution in [2.24, 2.45) is 0 Å². The Balaban J connectivity index is 1.64. The molecule has 0 saturated heterocycles. The number of fused-ring (bicyclic) bond motifs is 2. The van der Waals surface area contributed by atoms with Crippen LogP contribution in [0.3, 0.4) is 0 Å². The Bertz CT molecular complexity index is 1740. The van der Waals surface area contributed by atoms with Crippen LogP contribution in [0.1, 0.15) is 17.2 Å². The Labute approximate surface area is 207 Å². The minimum atomic E-state index is -0.715. The number of hydrogen-bond acceptors (Lipinski definition) is 5. The SMILES string of the molecule is O=c1oc2c(c(O)c1Sc1cccc(Cl)c1)c(=O)n1c3c(cccc23)CC1c1ccc(Cl)cc1. The molecule has 168 valence electrons. The van der Waals surface area contributed by atoms with Gasteiger partial charge >= 0.3 is 5.63 Å². The maximum Gasteiger partial charge on any atom is 0.354 e. The van der Waals surface area contributed by atoms with E-state index in [9.17, 15) is 14.7 Å². The lowest BCUT2D eigenvalue weighted by Gasteiger charge is -2.17. The molecule has 0 fully saturated rings. The molecule has 0 saturated carbocycles. The van der Waals surface area contributed by atoms with Crippen LogP contribution < -0.4 is 11.2 Å². The Morgan fingerprint density at radius 2 is 1.74 bits per heavy atom. The van der Waals surface area contributed by atoms with E-state index >= 15 is 0 Å². The van der Waals surface area contributed by atoms with E-state index in [-0.39, 0.29) is 27.7 Å². The molecule has 0 spiro atoms. The van der Waals surface area contributed by atoms with Crippen LogP contribution in [0.4, 0.5) is 0 Å². The average Bonchev–Trinajstić information content (AvgIpc) is 3.21. The molecule has 1 aliphatic rings. The van der Waals surface area contributed by atoms with Crippen molar-refractivity contribution < 1.29 is 9.52 Å². The number of para-hydroxylation sites is 1. The van der Waals surface area contributed by atoms with Crippen molar-refractivity contribution in [2.45, 2.75) is 22.3 Å². The van der Waals surface area contributed by atoms with E-state index < -0.39 is 11.2 Å². The van der Waals surface area contributed by atoms with Crippen molar-refractivity contribution >= 4 is 56.8 Å². The van der Waals surface area contributed by atoms with Crippen LogP contribution in [0.25, 0.3) is 21.9 Å². The molecule has 34 heavy (non-hydrogen) atoms. The lowest BCUT2D eigenvalue weighted by Crippen LogP contribution is -2.24. The van der Waals surface area contributed by atoms with E-state index in [2.05, 4.69) is 0 Å². The molecule has 1 aliphatic heterocycles. The molecule has 0 amide bonds. The predicted molar refractivity (Wildman–Crippen MR) is 135 cm³/mol. The number of aromatic hydroxyl groups is 1. The Morgan fingerprint density at radius 1 is 0.971 bits per heavy atom. The minimum absolute atomic E-state index is 0.0189. The number of pyridine rings is 1. The van der Waals surface area contributed by atoms with Gasteiger partial charge in [-0.3, -0.25) is 9.36 Å². The van der Waals surface area contributed by atoms with Gasteiger partial charge < -0.3 is 9.52 Å². The highest BCUT2D eigenvalue weighted by molar-refractivity contribution is 7.99. The highest BCUT2D eigenvalue weighted by Crippen LogP contribution is 2.41. The molecular formula is C26H15Cl2NO4S. The zero-order chi connectivity index (χ0) is 23.6. The number of hydrogen-bond donors (Lipinski definition) is 1. The van der Waals surface area contributed by atoms with Gasteiger partial charge in [0.2, 0.25) is 0 Å². The highest BCUT2D eigenvalue weighted by atomic mass is 35.5. The van der Waals surface area contributed by atoms with Gasteiger partial charge in [0.15, 0.2) is 11.3 Å². The molecule has 8 heteroatoms. The predicted octanol–water partition coefficient (Wildman–Crippen LogP) is 6.42. The van der Waals surface area contributed by atoms with E-state index in [1.807, 2.05) is 24.3 Å². The second kappa shape index (κ2) is 7.94. The van der Waals surface area contributed by atoms with Gasteiger partial charge in [-0.25, -0.2) is 4.79 Å². The fraction of sp³-hybridized carbons (Fsp3) is 0.0769. The first-order chi connectivity index (χ1) is 16.4. The summed E-state index contributed by atoms with van der Waals surface area (Å²) in [6, 6.07) is 19.6. The zero-order valence-corrected chi connectivity index (χ0v) is 19.7. The molecular weight excluding hydrogens is 493 g/mol. The maximum absolute atomic E-state index is 13.8. The molecule has 0 bridgehead atoms. The highest BCUT2D eigenvalue weighted by Gasteiger charge is 2.31. The van der Waals surface area contributed by atoms with E-state index in [4.69, 9.17) is 27.6 Å². The standard InChI is InChI=1S/C26H15Cl2NO4S/c27-15-9-7-13(8-10-15)19-11-14-3-1-6-18-21(14)29(19)25(31)20-22(30)24(26(32)33-23(18)20)34-17-5-2-4-16(28)12-17/h1-10,12,19,30H,11H2. The third kappa shape index (κ3) is 3.25. The maximum atomic E-state index is 13.8. The summed E-state index contributed by atoms with van der Waals surface area (Å²) in [6.07, 6.45) is 0.597. The molecule has 2 aromatic heterocycles. The monoisotopic (exact) mass is 507 g/mol. The smallest absolute Gasteiger partial charge is 0.354 e. The van der Waals surface area contributed by atoms with E-state index in [0.717, 1.165) is 22.9 Å². The van der Waals surface area contributed by atoms with Gasteiger partial charge in [0.05, 0.1) is 11.6 Å². The van der Waals surface area contributed by atoms with Gasteiger partial charge in [0.1, 0.15) is 10.3 Å². The first kappa shape index (κ1) is 21.4. The molecule has 5 nitrogen and oxygen atoms in total. The summed E-state index contributed by atoms with van der Waals surface area (Å²) in [5.41, 5.74) is 1.56. The third-order valence-electron chi connectivity index (χ3n) is 6.09. The summed E-state index contributed by atoms with van der Waals surface area (Å²) < 4.78 is 7.35. The molecule has 1 N–H and O–H groups in total. The summed E-state index contributed by atoms with van der Waals surface area (Å²) in [4.78, 5) is 27.3. The van der Waals surface area contributed by atoms with Crippen molar-refractivity contribution in [1.29, 1.82) is 0 Å². The van der Waals surface area contributed by atoms with Gasteiger partial charge in [0.25, 0.3) is 5.56 Å². The fourth-order valence-electron chi connectivity index (χ4n) is 4.63. The van der Waals surface area contributed by atoms with Crippen molar-refractivity contribution in [2.75, 3.05) is 0 Å². The number of rotatable bonds is 3. The molecule has 3 heterocycles. The Hall–Kier alpha value is -3.19. The van der Waals surface area contributed by atoms with Gasteiger partial charge in [-0.05, 0) is 53.9 Å². The summed E-state index contributed by atoms with van der Waals surface area (Å²) in [5, 5.41) is 12.9. The number of benzene rings is 3. The van der Waals surface area contributed by atoms with Crippen LogP contribution in [-0.2, 0) is 6.42 Å². The van der Waals surface area contributed by atoms with Crippen molar-refractivity contribution in [3.8, 4) is 5.75 Å². The van der Waals surface area contributed by atoms with Gasteiger partial charge in [0, 0.05) is 20.3 Å². The van der Waals surface area contributed by atoms with E-state index in [1.54, 1.807) is 47.0 Å². The van der Waals surface area contributed by atoms with Gasteiger partial charge in [-0.15, -0.1) is 0 Å². The van der Waals surface area contributed by atoms with Gasteiger partial charge in [-0.2, -0.15) is 0 Å². The Morgan fingerprint density at radius 3 is 2.50 bits per heavy atom. The zero-order valence-electron chi connectivity index (χ0n) is 17.4. The average molecular weight is 508 g/mol. The molecule has 0 aliphatic carbocycles. The molecule has 1 unspecified atom stereocenters. The first-order valence-corrected chi connectivity index (χ1v) is 12.0. The van der Waals surface area contributed by atoms with E-state index in [1.165, 1.54) is 0 Å². The number of nitrogens with zero attached hydrogens (tertiary/aromatic N) is 1. The van der Waals surface area contributed by atoms with Crippen LogP contribution in [0.15, 0.2) is 90.5 Å². The molecule has 0 radical (unpaired) electrons. The lowest BCUT2D eigenvalue weighted by atomic mass is 10.0. The van der Waals surface area contributed by atoms with Crippen LogP contribution in [0, 0.1) is 0 Å². The molecule has 3 aromatic carbocycles. The number of aromatic nitrogens is 1. The van der Waals surface area contributed by atoms with Crippen LogP contribution in [0.5, 0.6) is 5.75 Å². The van der Waals surface area contributed by atoms with Crippen molar-refractivity contribution in [3.63, 3.8) is 0 Å².